The number of ketones is 1. The highest BCUT2D eigenvalue weighted by atomic mass is 32.2. The van der Waals surface area contributed by atoms with E-state index in [1.807, 2.05) is 36.9 Å². The zero-order chi connectivity index (χ0) is 14.5. The smallest absolute Gasteiger partial charge is 0.173 e. The van der Waals surface area contributed by atoms with Crippen LogP contribution in [0.4, 0.5) is 0 Å². The van der Waals surface area contributed by atoms with Crippen molar-refractivity contribution in [2.24, 2.45) is 7.05 Å². The highest BCUT2D eigenvalue weighted by Crippen LogP contribution is 2.19. The van der Waals surface area contributed by atoms with Crippen molar-refractivity contribution in [1.29, 1.82) is 0 Å². The zero-order valence-corrected chi connectivity index (χ0v) is 13.0. The first-order chi connectivity index (χ1) is 9.60. The monoisotopic (exact) mass is 288 g/mol. The average Bonchev–Trinajstić information content (AvgIpc) is 2.75. The third-order valence-electron chi connectivity index (χ3n) is 3.12. The largest absolute Gasteiger partial charge is 0.293 e. The summed E-state index contributed by atoms with van der Waals surface area (Å²) in [5, 5.41) is 5.30. The molecule has 0 fully saturated rings. The molecular weight excluding hydrogens is 268 g/mol. The molecule has 2 rings (SSSR count). The predicted molar refractivity (Wildman–Crippen MR) is 83.4 cm³/mol. The number of rotatable bonds is 6. The highest BCUT2D eigenvalue weighted by Gasteiger charge is 2.09. The molecule has 106 valence electrons. The molecule has 1 aromatic heterocycles. The van der Waals surface area contributed by atoms with Gasteiger partial charge in [-0.2, -0.15) is 5.10 Å². The van der Waals surface area contributed by atoms with Gasteiger partial charge in [-0.3, -0.25) is 9.48 Å². The summed E-state index contributed by atoms with van der Waals surface area (Å²) in [6, 6.07) is 9.97. The first kappa shape index (κ1) is 14.9. The number of aryl methyl sites for hydroxylation is 3. The second-order valence-electron chi connectivity index (χ2n) is 4.91. The summed E-state index contributed by atoms with van der Waals surface area (Å²) in [6.07, 6.45) is 2.19. The molecule has 1 heterocycles. The molecule has 20 heavy (non-hydrogen) atoms. The molecule has 1 aromatic carbocycles. The summed E-state index contributed by atoms with van der Waals surface area (Å²) in [7, 11) is 1.90. The SMILES string of the molecule is CCCc1ccc(C(=O)CSc2cc(C)nn2C)cc1. The van der Waals surface area contributed by atoms with Crippen LogP contribution in [0.5, 0.6) is 0 Å². The van der Waals surface area contributed by atoms with Crippen LogP contribution >= 0.6 is 11.8 Å². The van der Waals surface area contributed by atoms with Gasteiger partial charge in [-0.25, -0.2) is 0 Å². The zero-order valence-electron chi connectivity index (χ0n) is 12.2. The van der Waals surface area contributed by atoms with Crippen molar-refractivity contribution in [3.63, 3.8) is 0 Å². The fourth-order valence-electron chi connectivity index (χ4n) is 2.09. The third-order valence-corrected chi connectivity index (χ3v) is 4.21. The van der Waals surface area contributed by atoms with Crippen molar-refractivity contribution in [3.8, 4) is 0 Å². The van der Waals surface area contributed by atoms with Crippen molar-refractivity contribution in [2.75, 3.05) is 5.75 Å². The summed E-state index contributed by atoms with van der Waals surface area (Å²) in [4.78, 5) is 12.2. The Morgan fingerprint density at radius 2 is 2.00 bits per heavy atom. The molecule has 0 saturated heterocycles. The van der Waals surface area contributed by atoms with E-state index in [4.69, 9.17) is 0 Å². The van der Waals surface area contributed by atoms with Crippen molar-refractivity contribution >= 4 is 17.5 Å². The van der Waals surface area contributed by atoms with Crippen LogP contribution in [0.15, 0.2) is 35.4 Å². The van der Waals surface area contributed by atoms with Crippen LogP contribution in [0.3, 0.4) is 0 Å². The van der Waals surface area contributed by atoms with Crippen LogP contribution < -0.4 is 0 Å². The molecule has 0 saturated carbocycles. The van der Waals surface area contributed by atoms with Crippen molar-refractivity contribution in [3.05, 3.63) is 47.2 Å². The minimum atomic E-state index is 0.164. The van der Waals surface area contributed by atoms with Gasteiger partial charge in [0.05, 0.1) is 16.5 Å². The Labute approximate surface area is 124 Å². The molecule has 2 aromatic rings. The number of Topliss-reactive ketones (excluding diaryl/α,β-unsaturated/α-hetero) is 1. The summed E-state index contributed by atoms with van der Waals surface area (Å²) >= 11 is 1.54. The number of benzene rings is 1. The van der Waals surface area contributed by atoms with E-state index >= 15 is 0 Å². The van der Waals surface area contributed by atoms with Crippen LogP contribution in [0.2, 0.25) is 0 Å². The third kappa shape index (κ3) is 3.73. The molecule has 0 N–H and O–H groups in total. The van der Waals surface area contributed by atoms with Gasteiger partial charge in [-0.05, 0) is 25.0 Å². The summed E-state index contributed by atoms with van der Waals surface area (Å²) in [5.41, 5.74) is 3.06. The molecule has 0 aliphatic rings. The van der Waals surface area contributed by atoms with Gasteiger partial charge in [-0.15, -0.1) is 0 Å². The molecule has 3 nitrogen and oxygen atoms in total. The Morgan fingerprint density at radius 1 is 1.30 bits per heavy atom. The molecular formula is C16H20N2OS. The van der Waals surface area contributed by atoms with Crippen molar-refractivity contribution < 1.29 is 4.79 Å². The molecule has 4 heteroatoms. The van der Waals surface area contributed by atoms with Crippen LogP contribution in [-0.2, 0) is 13.5 Å². The highest BCUT2D eigenvalue weighted by molar-refractivity contribution is 7.99. The Morgan fingerprint density at radius 3 is 2.55 bits per heavy atom. The van der Waals surface area contributed by atoms with E-state index in [0.717, 1.165) is 29.1 Å². The Kier molecular flexibility index (Phi) is 5.01. The molecule has 0 spiro atoms. The standard InChI is InChI=1S/C16H20N2OS/c1-4-5-13-6-8-14(9-7-13)15(19)11-20-16-10-12(2)17-18(16)3/h6-10H,4-5,11H2,1-3H3. The van der Waals surface area contributed by atoms with Crippen molar-refractivity contribution in [2.45, 2.75) is 31.7 Å². The van der Waals surface area contributed by atoms with Crippen LogP contribution in [0.1, 0.15) is 35.0 Å². The first-order valence-electron chi connectivity index (χ1n) is 6.85. The second kappa shape index (κ2) is 6.75. The van der Waals surface area contributed by atoms with E-state index in [1.54, 1.807) is 0 Å². The second-order valence-corrected chi connectivity index (χ2v) is 5.90. The average molecular weight is 288 g/mol. The van der Waals surface area contributed by atoms with Gasteiger partial charge in [0.25, 0.3) is 0 Å². The van der Waals surface area contributed by atoms with E-state index < -0.39 is 0 Å². The Bertz CT molecular complexity index is 587. The molecule has 0 aliphatic heterocycles. The molecule has 0 atom stereocenters. The van der Waals surface area contributed by atoms with Gasteiger partial charge in [0.2, 0.25) is 0 Å². The van der Waals surface area contributed by atoms with Gasteiger partial charge < -0.3 is 0 Å². The number of thioether (sulfide) groups is 1. The maximum atomic E-state index is 12.2. The molecule has 0 aliphatic carbocycles. The van der Waals surface area contributed by atoms with E-state index in [0.29, 0.717) is 5.75 Å². The summed E-state index contributed by atoms with van der Waals surface area (Å²) < 4.78 is 1.82. The normalized spacial score (nSPS) is 10.8. The molecule has 0 bridgehead atoms. The fourth-order valence-corrected chi connectivity index (χ4v) is 3.02. The number of hydrogen-bond donors (Lipinski definition) is 0. The quantitative estimate of drug-likeness (QED) is 0.601. The Balaban J connectivity index is 1.96. The topological polar surface area (TPSA) is 34.9 Å². The minimum absolute atomic E-state index is 0.164. The number of carbonyl (C=O) groups is 1. The number of aromatic nitrogens is 2. The number of hydrogen-bond acceptors (Lipinski definition) is 3. The predicted octanol–water partition coefficient (Wildman–Crippen LogP) is 3.66. The first-order valence-corrected chi connectivity index (χ1v) is 7.84. The summed E-state index contributed by atoms with van der Waals surface area (Å²) in [5.74, 6) is 0.614. The van der Waals surface area contributed by atoms with E-state index in [-0.39, 0.29) is 5.78 Å². The maximum absolute atomic E-state index is 12.2. The minimum Gasteiger partial charge on any atom is -0.293 e. The lowest BCUT2D eigenvalue weighted by Crippen LogP contribution is -2.03. The van der Waals surface area contributed by atoms with Gasteiger partial charge in [0, 0.05) is 12.6 Å². The van der Waals surface area contributed by atoms with Gasteiger partial charge in [-0.1, -0.05) is 49.4 Å². The van der Waals surface area contributed by atoms with Crippen molar-refractivity contribution in [1.82, 2.24) is 9.78 Å². The maximum Gasteiger partial charge on any atom is 0.173 e. The number of nitrogens with zero attached hydrogens (tertiary/aromatic N) is 2. The van der Waals surface area contributed by atoms with E-state index in [1.165, 1.54) is 17.3 Å². The van der Waals surface area contributed by atoms with E-state index in [2.05, 4.69) is 24.2 Å². The lowest BCUT2D eigenvalue weighted by Gasteiger charge is -2.03. The number of carbonyl (C=O) groups excluding carboxylic acids is 1. The Hall–Kier alpha value is -1.55. The van der Waals surface area contributed by atoms with E-state index in [9.17, 15) is 4.79 Å². The van der Waals surface area contributed by atoms with Crippen LogP contribution in [0.25, 0.3) is 0 Å². The lowest BCUT2D eigenvalue weighted by atomic mass is 10.1. The van der Waals surface area contributed by atoms with Gasteiger partial charge >= 0.3 is 0 Å². The van der Waals surface area contributed by atoms with Crippen LogP contribution in [0, 0.1) is 6.92 Å². The summed E-state index contributed by atoms with van der Waals surface area (Å²) in [6.45, 7) is 4.12. The molecule has 0 radical (unpaired) electrons. The molecule has 0 amide bonds. The van der Waals surface area contributed by atoms with Gasteiger partial charge in [0.15, 0.2) is 5.78 Å². The van der Waals surface area contributed by atoms with Crippen LogP contribution in [-0.4, -0.2) is 21.3 Å². The lowest BCUT2D eigenvalue weighted by molar-refractivity contribution is 0.102. The molecule has 0 unspecified atom stereocenters. The fraction of sp³-hybridized carbons (Fsp3) is 0.375. The van der Waals surface area contributed by atoms with Gasteiger partial charge in [0.1, 0.15) is 0 Å².